The van der Waals surface area contributed by atoms with Crippen molar-refractivity contribution in [2.75, 3.05) is 0 Å². The van der Waals surface area contributed by atoms with Crippen LogP contribution in [0.2, 0.25) is 0 Å². The lowest BCUT2D eigenvalue weighted by Crippen LogP contribution is -2.01. The number of benzene rings is 1. The molecule has 7 heteroatoms. The fourth-order valence-electron chi connectivity index (χ4n) is 2.72. The summed E-state index contributed by atoms with van der Waals surface area (Å²) in [6, 6.07) is 14.1. The molecule has 2 aromatic heterocycles. The Hall–Kier alpha value is -3.48. The molecule has 0 bridgehead atoms. The van der Waals surface area contributed by atoms with Crippen molar-refractivity contribution in [1.29, 1.82) is 0 Å². The number of hydrogen-bond acceptors (Lipinski definition) is 5. The Bertz CT molecular complexity index is 949. The molecule has 0 radical (unpaired) electrons. The maximum atomic E-state index is 10.8. The first-order chi connectivity index (χ1) is 12.6. The van der Waals surface area contributed by atoms with Crippen LogP contribution in [0.25, 0.3) is 5.82 Å². The molecule has 0 aliphatic carbocycles. The van der Waals surface area contributed by atoms with Crippen LogP contribution in [-0.2, 0) is 11.4 Å². The Morgan fingerprint density at radius 3 is 2.81 bits per heavy atom. The fourth-order valence-corrected chi connectivity index (χ4v) is 2.72. The fraction of sp³-hybridized carbons (Fsp3) is 0.158. The minimum absolute atomic E-state index is 0.0361. The second kappa shape index (κ2) is 7.60. The zero-order chi connectivity index (χ0) is 18.5. The van der Waals surface area contributed by atoms with E-state index < -0.39 is 4.92 Å². The Kier molecular flexibility index (Phi) is 5.07. The molecule has 26 heavy (non-hydrogen) atoms. The number of hydrogen-bond donors (Lipinski definition) is 0. The maximum absolute atomic E-state index is 10.8. The van der Waals surface area contributed by atoms with E-state index in [0.717, 1.165) is 22.8 Å². The van der Waals surface area contributed by atoms with Gasteiger partial charge in [0.1, 0.15) is 12.4 Å². The Labute approximate surface area is 150 Å². The summed E-state index contributed by atoms with van der Waals surface area (Å²) in [6.45, 7) is 4.16. The molecule has 0 spiro atoms. The minimum Gasteiger partial charge on any atom is -0.391 e. The molecule has 7 nitrogen and oxygen atoms in total. The second-order valence-electron chi connectivity index (χ2n) is 5.78. The Morgan fingerprint density at radius 1 is 1.23 bits per heavy atom. The van der Waals surface area contributed by atoms with Gasteiger partial charge in [0.2, 0.25) is 0 Å². The van der Waals surface area contributed by atoms with E-state index in [1.54, 1.807) is 24.5 Å². The normalized spacial score (nSPS) is 11.0. The maximum Gasteiger partial charge on any atom is 0.269 e. The zero-order valence-electron chi connectivity index (χ0n) is 14.5. The summed E-state index contributed by atoms with van der Waals surface area (Å²) in [5.41, 5.74) is 3.70. The summed E-state index contributed by atoms with van der Waals surface area (Å²) in [6.07, 6.45) is 3.39. The van der Waals surface area contributed by atoms with Crippen LogP contribution in [0.1, 0.15) is 22.5 Å². The molecule has 0 aliphatic heterocycles. The third-order valence-corrected chi connectivity index (χ3v) is 3.97. The predicted octanol–water partition coefficient (Wildman–Crippen LogP) is 3.95. The van der Waals surface area contributed by atoms with E-state index in [4.69, 9.17) is 4.84 Å². The van der Waals surface area contributed by atoms with Crippen LogP contribution in [0.5, 0.6) is 0 Å². The first kappa shape index (κ1) is 17.3. The number of aromatic nitrogens is 2. The largest absolute Gasteiger partial charge is 0.391 e. The summed E-state index contributed by atoms with van der Waals surface area (Å²) < 4.78 is 2.04. The van der Waals surface area contributed by atoms with Gasteiger partial charge in [-0.25, -0.2) is 4.98 Å². The van der Waals surface area contributed by atoms with Gasteiger partial charge in [0, 0.05) is 35.3 Å². The highest BCUT2D eigenvalue weighted by Gasteiger charge is 2.10. The van der Waals surface area contributed by atoms with E-state index in [9.17, 15) is 10.1 Å². The minimum atomic E-state index is -0.431. The number of aryl methyl sites for hydroxylation is 1. The topological polar surface area (TPSA) is 82.5 Å². The van der Waals surface area contributed by atoms with E-state index >= 15 is 0 Å². The number of nitro groups is 1. The van der Waals surface area contributed by atoms with Crippen molar-refractivity contribution in [1.82, 2.24) is 9.55 Å². The van der Waals surface area contributed by atoms with Crippen molar-refractivity contribution in [3.8, 4) is 5.82 Å². The predicted molar refractivity (Wildman–Crippen MR) is 98.5 cm³/mol. The highest BCUT2D eigenvalue weighted by molar-refractivity contribution is 5.81. The van der Waals surface area contributed by atoms with E-state index in [-0.39, 0.29) is 12.3 Å². The number of rotatable bonds is 6. The molecule has 0 saturated heterocycles. The molecule has 0 aliphatic rings. The number of nitrogens with zero attached hydrogens (tertiary/aromatic N) is 4. The Morgan fingerprint density at radius 2 is 2.08 bits per heavy atom. The Balaban J connectivity index is 1.70. The molecule has 0 amide bonds. The lowest BCUT2D eigenvalue weighted by atomic mass is 10.2. The quantitative estimate of drug-likeness (QED) is 0.383. The highest BCUT2D eigenvalue weighted by Crippen LogP contribution is 2.18. The third-order valence-electron chi connectivity index (χ3n) is 3.97. The first-order valence-electron chi connectivity index (χ1n) is 8.05. The van der Waals surface area contributed by atoms with Gasteiger partial charge in [-0.05, 0) is 37.6 Å². The van der Waals surface area contributed by atoms with Gasteiger partial charge in [-0.15, -0.1) is 0 Å². The molecular weight excluding hydrogens is 332 g/mol. The summed E-state index contributed by atoms with van der Waals surface area (Å²) in [5.74, 6) is 0.847. The van der Waals surface area contributed by atoms with Crippen molar-refractivity contribution >= 4 is 11.9 Å². The molecule has 0 atom stereocenters. The number of non-ortho nitro benzene ring substituents is 1. The van der Waals surface area contributed by atoms with Gasteiger partial charge in [-0.3, -0.25) is 10.1 Å². The summed E-state index contributed by atoms with van der Waals surface area (Å²) in [4.78, 5) is 20.0. The van der Waals surface area contributed by atoms with Gasteiger partial charge in [-0.1, -0.05) is 23.4 Å². The van der Waals surface area contributed by atoms with Crippen LogP contribution in [0.3, 0.4) is 0 Å². The average molecular weight is 350 g/mol. The SMILES string of the molecule is Cc1cc(/C=N\OCc2cccc([N+](=O)[O-])c2)c(C)n1-c1ccccn1. The molecular formula is C19H18N4O3. The number of oxime groups is 1. The van der Waals surface area contributed by atoms with Gasteiger partial charge in [0.05, 0.1) is 11.1 Å². The van der Waals surface area contributed by atoms with Crippen molar-refractivity contribution in [2.45, 2.75) is 20.5 Å². The van der Waals surface area contributed by atoms with Gasteiger partial charge in [0.15, 0.2) is 0 Å². The number of nitro benzene ring substituents is 1. The highest BCUT2D eigenvalue weighted by atomic mass is 16.6. The standard InChI is InChI=1S/C19H18N4O3/c1-14-10-17(15(2)22(14)19-8-3-4-9-20-19)12-21-26-13-16-6-5-7-18(11-16)23(24)25/h3-12H,13H2,1-2H3/b21-12-. The van der Waals surface area contributed by atoms with E-state index in [1.807, 2.05) is 42.7 Å². The van der Waals surface area contributed by atoms with Crippen LogP contribution < -0.4 is 0 Å². The van der Waals surface area contributed by atoms with Crippen LogP contribution in [0.15, 0.2) is 59.9 Å². The van der Waals surface area contributed by atoms with E-state index in [2.05, 4.69) is 10.1 Å². The summed E-state index contributed by atoms with van der Waals surface area (Å²) >= 11 is 0. The average Bonchev–Trinajstić information content (AvgIpc) is 2.93. The van der Waals surface area contributed by atoms with Crippen molar-refractivity contribution < 1.29 is 9.76 Å². The molecule has 3 rings (SSSR count). The van der Waals surface area contributed by atoms with Crippen LogP contribution in [0, 0.1) is 24.0 Å². The van der Waals surface area contributed by atoms with Gasteiger partial charge >= 0.3 is 0 Å². The van der Waals surface area contributed by atoms with Crippen LogP contribution in [0.4, 0.5) is 5.69 Å². The van der Waals surface area contributed by atoms with Gasteiger partial charge in [0.25, 0.3) is 5.69 Å². The lowest BCUT2D eigenvalue weighted by Gasteiger charge is -2.07. The lowest BCUT2D eigenvalue weighted by molar-refractivity contribution is -0.384. The van der Waals surface area contributed by atoms with Gasteiger partial charge < -0.3 is 9.40 Å². The summed E-state index contributed by atoms with van der Waals surface area (Å²) in [5, 5.41) is 14.8. The van der Waals surface area contributed by atoms with Crippen LogP contribution >= 0.6 is 0 Å². The molecule has 0 saturated carbocycles. The molecule has 1 aromatic carbocycles. The van der Waals surface area contributed by atoms with Crippen molar-refractivity contribution in [3.63, 3.8) is 0 Å². The van der Waals surface area contributed by atoms with Gasteiger partial charge in [-0.2, -0.15) is 0 Å². The van der Waals surface area contributed by atoms with E-state index in [0.29, 0.717) is 5.56 Å². The summed E-state index contributed by atoms with van der Waals surface area (Å²) in [7, 11) is 0. The molecule has 132 valence electrons. The van der Waals surface area contributed by atoms with Crippen molar-refractivity contribution in [2.24, 2.45) is 5.16 Å². The van der Waals surface area contributed by atoms with Crippen LogP contribution in [-0.4, -0.2) is 20.7 Å². The smallest absolute Gasteiger partial charge is 0.269 e. The zero-order valence-corrected chi connectivity index (χ0v) is 14.5. The molecule has 3 aromatic rings. The van der Waals surface area contributed by atoms with E-state index in [1.165, 1.54) is 12.1 Å². The van der Waals surface area contributed by atoms with Crippen molar-refractivity contribution in [3.05, 3.63) is 87.4 Å². The second-order valence-corrected chi connectivity index (χ2v) is 5.78. The molecule has 0 unspecified atom stereocenters. The third kappa shape index (κ3) is 3.77. The molecule has 2 heterocycles. The molecule has 0 N–H and O–H groups in total. The number of pyridine rings is 1. The monoisotopic (exact) mass is 350 g/mol. The first-order valence-corrected chi connectivity index (χ1v) is 8.05. The molecule has 0 fully saturated rings.